The molecule has 1 aliphatic heterocycles. The quantitative estimate of drug-likeness (QED) is 0.528. The van der Waals surface area contributed by atoms with Gasteiger partial charge in [0.1, 0.15) is 5.01 Å². The summed E-state index contributed by atoms with van der Waals surface area (Å²) in [7, 11) is 0. The molecule has 158 valence electrons. The van der Waals surface area contributed by atoms with Crippen molar-refractivity contribution in [3.8, 4) is 10.6 Å². The number of benzene rings is 2. The van der Waals surface area contributed by atoms with Crippen LogP contribution in [0.1, 0.15) is 45.9 Å². The lowest BCUT2D eigenvalue weighted by molar-refractivity contribution is -0.129. The molecule has 2 aromatic carbocycles. The van der Waals surface area contributed by atoms with Gasteiger partial charge in [-0.15, -0.1) is 11.3 Å². The van der Waals surface area contributed by atoms with Crippen LogP contribution < -0.4 is 0 Å². The summed E-state index contributed by atoms with van der Waals surface area (Å²) < 4.78 is 0. The largest absolute Gasteiger partial charge is 0.503 e. The first-order valence-electron chi connectivity index (χ1n) is 10.3. The average molecular weight is 433 g/mol. The van der Waals surface area contributed by atoms with Crippen LogP contribution in [0, 0.1) is 13.8 Å². The first kappa shape index (κ1) is 21.0. The molecule has 3 aromatic rings. The van der Waals surface area contributed by atoms with Crippen LogP contribution in [0.15, 0.2) is 65.9 Å². The van der Waals surface area contributed by atoms with Crippen LogP contribution in [0.2, 0.25) is 0 Å². The molecule has 1 N–H and O–H groups in total. The molecule has 0 spiro atoms. The highest BCUT2D eigenvalue weighted by Gasteiger charge is 2.44. The zero-order chi connectivity index (χ0) is 22.1. The van der Waals surface area contributed by atoms with E-state index >= 15 is 0 Å². The van der Waals surface area contributed by atoms with Crippen LogP contribution in [0.4, 0.5) is 0 Å². The van der Waals surface area contributed by atoms with Crippen LogP contribution in [-0.4, -0.2) is 33.2 Å². The minimum Gasteiger partial charge on any atom is -0.503 e. The molecule has 2 heterocycles. The number of nitrogens with zero attached hydrogens (tertiary/aromatic N) is 2. The first-order valence-corrected chi connectivity index (χ1v) is 11.1. The molecule has 1 aliphatic rings. The van der Waals surface area contributed by atoms with Gasteiger partial charge >= 0.3 is 0 Å². The second-order valence-electron chi connectivity index (χ2n) is 7.65. The zero-order valence-corrected chi connectivity index (χ0v) is 18.6. The Morgan fingerprint density at radius 1 is 1.10 bits per heavy atom. The van der Waals surface area contributed by atoms with Crippen LogP contribution in [0.3, 0.4) is 0 Å². The summed E-state index contributed by atoms with van der Waals surface area (Å²) in [4.78, 5) is 33.2. The summed E-state index contributed by atoms with van der Waals surface area (Å²) >= 11 is 1.29. The summed E-state index contributed by atoms with van der Waals surface area (Å²) in [6, 6.07) is 16.7. The van der Waals surface area contributed by atoms with Crippen molar-refractivity contribution in [2.45, 2.75) is 33.2 Å². The Kier molecular flexibility index (Phi) is 5.74. The standard InChI is InChI=1S/C25H24N2O3S/c1-4-14-27-20(18-13-9-8-10-15(18)2)19(22(29)25(27)30)21(28)23-16(3)26-24(31-23)17-11-6-5-7-12-17/h5-13,20,29H,4,14H2,1-3H3. The highest BCUT2D eigenvalue weighted by Crippen LogP contribution is 2.41. The third-order valence-electron chi connectivity index (χ3n) is 5.52. The normalized spacial score (nSPS) is 16.3. The van der Waals surface area contributed by atoms with Crippen molar-refractivity contribution in [1.29, 1.82) is 0 Å². The van der Waals surface area contributed by atoms with Gasteiger partial charge in [-0.05, 0) is 31.4 Å². The molecule has 1 aromatic heterocycles. The number of aliphatic hydroxyl groups is 1. The molecule has 0 radical (unpaired) electrons. The van der Waals surface area contributed by atoms with E-state index in [-0.39, 0.29) is 11.4 Å². The Balaban J connectivity index is 1.81. The number of aryl methyl sites for hydroxylation is 2. The topological polar surface area (TPSA) is 70.5 Å². The molecule has 0 aliphatic carbocycles. The van der Waals surface area contributed by atoms with Gasteiger partial charge in [0.2, 0.25) is 5.78 Å². The van der Waals surface area contributed by atoms with E-state index in [1.165, 1.54) is 11.3 Å². The maximum absolute atomic E-state index is 13.7. The van der Waals surface area contributed by atoms with E-state index in [1.54, 1.807) is 11.8 Å². The molecule has 0 bridgehead atoms. The van der Waals surface area contributed by atoms with E-state index in [1.807, 2.05) is 68.4 Å². The summed E-state index contributed by atoms with van der Waals surface area (Å²) in [6.45, 7) is 6.16. The van der Waals surface area contributed by atoms with E-state index in [0.717, 1.165) is 28.1 Å². The summed E-state index contributed by atoms with van der Waals surface area (Å²) in [5.74, 6) is -1.29. The monoisotopic (exact) mass is 432 g/mol. The van der Waals surface area contributed by atoms with Crippen molar-refractivity contribution < 1.29 is 14.7 Å². The summed E-state index contributed by atoms with van der Waals surface area (Å²) in [6.07, 6.45) is 0.723. The van der Waals surface area contributed by atoms with Crippen molar-refractivity contribution in [3.05, 3.63) is 87.6 Å². The summed E-state index contributed by atoms with van der Waals surface area (Å²) in [5, 5.41) is 11.5. The number of ketones is 1. The van der Waals surface area contributed by atoms with E-state index in [9.17, 15) is 14.7 Å². The highest BCUT2D eigenvalue weighted by atomic mass is 32.1. The van der Waals surface area contributed by atoms with Gasteiger partial charge in [0.25, 0.3) is 5.91 Å². The van der Waals surface area contributed by atoms with Gasteiger partial charge in [-0.2, -0.15) is 0 Å². The van der Waals surface area contributed by atoms with Gasteiger partial charge in [0, 0.05) is 12.1 Å². The number of amides is 1. The van der Waals surface area contributed by atoms with Crippen LogP contribution >= 0.6 is 11.3 Å². The van der Waals surface area contributed by atoms with E-state index in [4.69, 9.17) is 0 Å². The zero-order valence-electron chi connectivity index (χ0n) is 17.8. The van der Waals surface area contributed by atoms with E-state index in [2.05, 4.69) is 4.98 Å². The number of aromatic nitrogens is 1. The predicted octanol–water partition coefficient (Wildman–Crippen LogP) is 5.42. The fraction of sp³-hybridized carbons (Fsp3) is 0.240. The molecular formula is C25H24N2O3S. The molecule has 5 nitrogen and oxygen atoms in total. The van der Waals surface area contributed by atoms with Gasteiger partial charge in [-0.25, -0.2) is 4.98 Å². The van der Waals surface area contributed by atoms with E-state index < -0.39 is 17.7 Å². The lowest BCUT2D eigenvalue weighted by atomic mass is 9.92. The van der Waals surface area contributed by atoms with Gasteiger partial charge in [0.05, 0.1) is 22.2 Å². The van der Waals surface area contributed by atoms with Crippen molar-refractivity contribution in [2.24, 2.45) is 0 Å². The van der Waals surface area contributed by atoms with E-state index in [0.29, 0.717) is 17.1 Å². The van der Waals surface area contributed by atoms with Gasteiger partial charge < -0.3 is 10.0 Å². The molecule has 0 fully saturated rings. The predicted molar refractivity (Wildman–Crippen MR) is 122 cm³/mol. The Bertz CT molecular complexity index is 1180. The number of Topliss-reactive ketones (excluding diaryl/α,β-unsaturated/α-hetero) is 1. The molecule has 1 unspecified atom stereocenters. The number of carbonyl (C=O) groups excluding carboxylic acids is 2. The van der Waals surface area contributed by atoms with Crippen LogP contribution in [0.25, 0.3) is 10.6 Å². The highest BCUT2D eigenvalue weighted by molar-refractivity contribution is 7.17. The number of hydrogen-bond acceptors (Lipinski definition) is 5. The molecule has 6 heteroatoms. The molecule has 1 atom stereocenters. The number of thiazole rings is 1. The second-order valence-corrected chi connectivity index (χ2v) is 8.65. The molecule has 0 saturated carbocycles. The minimum absolute atomic E-state index is 0.138. The molecule has 1 amide bonds. The Morgan fingerprint density at radius 2 is 1.77 bits per heavy atom. The second kappa shape index (κ2) is 8.47. The number of rotatable bonds is 6. The van der Waals surface area contributed by atoms with Crippen molar-refractivity contribution in [3.63, 3.8) is 0 Å². The summed E-state index contributed by atoms with van der Waals surface area (Å²) in [5.41, 5.74) is 3.48. The minimum atomic E-state index is -0.608. The average Bonchev–Trinajstić information content (AvgIpc) is 3.28. The van der Waals surface area contributed by atoms with Crippen molar-refractivity contribution in [2.75, 3.05) is 6.54 Å². The van der Waals surface area contributed by atoms with Crippen LogP contribution in [-0.2, 0) is 4.79 Å². The van der Waals surface area contributed by atoms with Crippen LogP contribution in [0.5, 0.6) is 0 Å². The molecule has 4 rings (SSSR count). The van der Waals surface area contributed by atoms with Gasteiger partial charge in [0.15, 0.2) is 5.76 Å². The Labute approximate surface area is 185 Å². The fourth-order valence-electron chi connectivity index (χ4n) is 4.01. The third-order valence-corrected chi connectivity index (χ3v) is 6.72. The first-order chi connectivity index (χ1) is 14.9. The third kappa shape index (κ3) is 3.68. The molecular weight excluding hydrogens is 408 g/mol. The number of aliphatic hydroxyl groups excluding tert-OH is 1. The Hall–Kier alpha value is -3.25. The lowest BCUT2D eigenvalue weighted by Crippen LogP contribution is -2.32. The van der Waals surface area contributed by atoms with Gasteiger partial charge in [-0.1, -0.05) is 61.5 Å². The van der Waals surface area contributed by atoms with Crippen molar-refractivity contribution in [1.82, 2.24) is 9.88 Å². The Morgan fingerprint density at radius 3 is 2.45 bits per heavy atom. The smallest absolute Gasteiger partial charge is 0.290 e. The fourth-order valence-corrected chi connectivity index (χ4v) is 5.03. The van der Waals surface area contributed by atoms with Gasteiger partial charge in [-0.3, -0.25) is 9.59 Å². The number of carbonyl (C=O) groups is 2. The lowest BCUT2D eigenvalue weighted by Gasteiger charge is -2.27. The SMILES string of the molecule is CCCN1C(=O)C(O)=C(C(=O)c2sc(-c3ccccc3)nc2C)C1c1ccccc1C. The number of hydrogen-bond donors (Lipinski definition) is 1. The molecule has 0 saturated heterocycles. The maximum atomic E-state index is 13.7. The maximum Gasteiger partial charge on any atom is 0.290 e. The molecule has 31 heavy (non-hydrogen) atoms. The van der Waals surface area contributed by atoms with Crippen molar-refractivity contribution >= 4 is 23.0 Å².